The van der Waals surface area contributed by atoms with E-state index < -0.39 is 0 Å². The summed E-state index contributed by atoms with van der Waals surface area (Å²) < 4.78 is 0. The molecule has 6 nitrogen and oxygen atoms in total. The highest BCUT2D eigenvalue weighted by Crippen LogP contribution is 2.33. The van der Waals surface area contributed by atoms with Crippen LogP contribution in [0.2, 0.25) is 5.02 Å². The third kappa shape index (κ3) is 5.78. The third-order valence-corrected chi connectivity index (χ3v) is 5.39. The number of halogens is 1. The molecule has 0 bridgehead atoms. The first kappa shape index (κ1) is 21.3. The normalized spacial score (nSPS) is 13.8. The second kappa shape index (κ2) is 8.93. The maximum absolute atomic E-state index is 12.8. The van der Waals surface area contributed by atoms with Crippen molar-refractivity contribution in [3.8, 4) is 0 Å². The Morgan fingerprint density at radius 2 is 1.93 bits per heavy atom. The highest BCUT2D eigenvalue weighted by molar-refractivity contribution is 6.31. The van der Waals surface area contributed by atoms with Gasteiger partial charge in [0.05, 0.1) is 0 Å². The van der Waals surface area contributed by atoms with E-state index in [9.17, 15) is 9.59 Å². The minimum Gasteiger partial charge on any atom is -0.337 e. The van der Waals surface area contributed by atoms with E-state index in [1.165, 1.54) is 0 Å². The highest BCUT2D eigenvalue weighted by atomic mass is 35.5. The Morgan fingerprint density at radius 1 is 1.24 bits per heavy atom. The number of carbonyl (C=O) groups excluding carboxylic acids is 2. The first-order valence-corrected chi connectivity index (χ1v) is 10.2. The molecule has 0 atom stereocenters. The molecule has 1 aromatic heterocycles. The minimum atomic E-state index is -0.226. The van der Waals surface area contributed by atoms with E-state index in [0.717, 1.165) is 18.4 Å². The van der Waals surface area contributed by atoms with Crippen LogP contribution in [0.15, 0.2) is 42.7 Å². The Bertz CT molecular complexity index is 882. The minimum absolute atomic E-state index is 0.108. The van der Waals surface area contributed by atoms with Gasteiger partial charge in [0, 0.05) is 47.7 Å². The Hall–Kier alpha value is -2.44. The average Bonchev–Trinajstić information content (AvgIpc) is 3.55. The van der Waals surface area contributed by atoms with Crippen molar-refractivity contribution < 1.29 is 9.59 Å². The molecule has 1 aliphatic carbocycles. The molecule has 0 saturated heterocycles. The molecule has 2 amide bonds. The summed E-state index contributed by atoms with van der Waals surface area (Å²) in [5.41, 5.74) is 7.64. The van der Waals surface area contributed by atoms with Crippen LogP contribution in [0.1, 0.15) is 42.6 Å². The molecule has 1 aliphatic rings. The lowest BCUT2D eigenvalue weighted by atomic mass is 9.92. The zero-order valence-electron chi connectivity index (χ0n) is 16.8. The van der Waals surface area contributed by atoms with E-state index >= 15 is 0 Å². The van der Waals surface area contributed by atoms with Crippen molar-refractivity contribution in [1.29, 1.82) is 0 Å². The van der Waals surface area contributed by atoms with Gasteiger partial charge < -0.3 is 16.0 Å². The van der Waals surface area contributed by atoms with Gasteiger partial charge in [-0.1, -0.05) is 25.4 Å². The molecule has 1 saturated carbocycles. The second-order valence-electron chi connectivity index (χ2n) is 8.33. The van der Waals surface area contributed by atoms with Crippen molar-refractivity contribution in [2.24, 2.45) is 17.1 Å². The topological polar surface area (TPSA) is 88.3 Å². The summed E-state index contributed by atoms with van der Waals surface area (Å²) in [4.78, 5) is 31.0. The van der Waals surface area contributed by atoms with Crippen LogP contribution in [0.25, 0.3) is 0 Å². The van der Waals surface area contributed by atoms with Crippen molar-refractivity contribution in [3.05, 3.63) is 58.9 Å². The maximum Gasteiger partial charge on any atom is 0.255 e. The SMILES string of the molecule is CC(C)(CN)CN(Cc1cc(NC(=O)c2ccncc2)ccc1Cl)C(=O)C1CC1. The zero-order valence-corrected chi connectivity index (χ0v) is 17.6. The Morgan fingerprint density at radius 3 is 2.55 bits per heavy atom. The number of anilines is 1. The van der Waals surface area contributed by atoms with E-state index in [4.69, 9.17) is 17.3 Å². The molecule has 3 N–H and O–H groups in total. The molecular formula is C22H27ClN4O2. The zero-order chi connectivity index (χ0) is 21.0. The number of amides is 2. The van der Waals surface area contributed by atoms with Gasteiger partial charge >= 0.3 is 0 Å². The second-order valence-corrected chi connectivity index (χ2v) is 8.74. The van der Waals surface area contributed by atoms with Crippen LogP contribution in [0.5, 0.6) is 0 Å². The molecule has 154 valence electrons. The number of hydrogen-bond acceptors (Lipinski definition) is 4. The molecule has 0 unspecified atom stereocenters. The molecule has 0 aliphatic heterocycles. The maximum atomic E-state index is 12.8. The van der Waals surface area contributed by atoms with Crippen LogP contribution in [0, 0.1) is 11.3 Å². The number of nitrogens with zero attached hydrogens (tertiary/aromatic N) is 2. The van der Waals surface area contributed by atoms with Gasteiger partial charge in [-0.3, -0.25) is 14.6 Å². The standard InChI is InChI=1S/C22H27ClN4O2/c1-22(2,13-24)14-27(21(29)16-3-4-16)12-17-11-18(5-6-19(17)23)26-20(28)15-7-9-25-10-8-15/h5-11,16H,3-4,12-14,24H2,1-2H3,(H,26,28). The molecule has 0 radical (unpaired) electrons. The molecule has 0 spiro atoms. The Balaban J connectivity index is 1.78. The number of hydrogen-bond donors (Lipinski definition) is 2. The largest absolute Gasteiger partial charge is 0.337 e. The van der Waals surface area contributed by atoms with Gasteiger partial charge in [-0.2, -0.15) is 0 Å². The first-order chi connectivity index (χ1) is 13.8. The number of aromatic nitrogens is 1. The monoisotopic (exact) mass is 414 g/mol. The fraction of sp³-hybridized carbons (Fsp3) is 0.409. The average molecular weight is 415 g/mol. The van der Waals surface area contributed by atoms with Crippen LogP contribution in [0.3, 0.4) is 0 Å². The number of nitrogens with two attached hydrogens (primary N) is 1. The number of rotatable bonds is 8. The van der Waals surface area contributed by atoms with Gasteiger partial charge in [-0.15, -0.1) is 0 Å². The number of pyridine rings is 1. The summed E-state index contributed by atoms with van der Waals surface area (Å²) in [6, 6.07) is 8.62. The lowest BCUT2D eigenvalue weighted by molar-refractivity contribution is -0.134. The van der Waals surface area contributed by atoms with Crippen molar-refractivity contribution in [3.63, 3.8) is 0 Å². The molecular weight excluding hydrogens is 388 g/mol. The van der Waals surface area contributed by atoms with Gasteiger partial charge in [0.25, 0.3) is 5.91 Å². The molecule has 1 heterocycles. The molecule has 1 aromatic carbocycles. The fourth-order valence-electron chi connectivity index (χ4n) is 3.07. The number of nitrogens with one attached hydrogen (secondary N) is 1. The van der Waals surface area contributed by atoms with Crippen molar-refractivity contribution >= 4 is 29.1 Å². The van der Waals surface area contributed by atoms with Gasteiger partial charge in [-0.25, -0.2) is 0 Å². The third-order valence-electron chi connectivity index (χ3n) is 5.02. The molecule has 1 fully saturated rings. The summed E-state index contributed by atoms with van der Waals surface area (Å²) >= 11 is 6.42. The Kier molecular flexibility index (Phi) is 6.55. The van der Waals surface area contributed by atoms with E-state index in [2.05, 4.69) is 10.3 Å². The molecule has 2 aromatic rings. The number of carbonyl (C=O) groups is 2. The number of benzene rings is 1. The van der Waals surface area contributed by atoms with Gasteiger partial charge in [0.1, 0.15) is 0 Å². The summed E-state index contributed by atoms with van der Waals surface area (Å²) in [5, 5.41) is 3.44. The van der Waals surface area contributed by atoms with E-state index in [-0.39, 0.29) is 23.1 Å². The summed E-state index contributed by atoms with van der Waals surface area (Å²) in [7, 11) is 0. The van der Waals surface area contributed by atoms with Crippen LogP contribution >= 0.6 is 11.6 Å². The van der Waals surface area contributed by atoms with Crippen molar-refractivity contribution in [1.82, 2.24) is 9.88 Å². The molecule has 3 rings (SSSR count). The van der Waals surface area contributed by atoms with Crippen molar-refractivity contribution in [2.75, 3.05) is 18.4 Å². The summed E-state index contributed by atoms with van der Waals surface area (Å²) in [5.74, 6) is 0.0293. The predicted octanol–water partition coefficient (Wildman–Crippen LogP) is 3.71. The lowest BCUT2D eigenvalue weighted by Gasteiger charge is -2.32. The van der Waals surface area contributed by atoms with Crippen molar-refractivity contribution in [2.45, 2.75) is 33.2 Å². The van der Waals surface area contributed by atoms with Crippen LogP contribution in [0.4, 0.5) is 5.69 Å². The smallest absolute Gasteiger partial charge is 0.255 e. The van der Waals surface area contributed by atoms with E-state index in [1.807, 2.05) is 24.8 Å². The summed E-state index contributed by atoms with van der Waals surface area (Å²) in [6.45, 7) is 5.52. The van der Waals surface area contributed by atoms with E-state index in [1.54, 1.807) is 36.7 Å². The quantitative estimate of drug-likeness (QED) is 0.689. The molecule has 7 heteroatoms. The van der Waals surface area contributed by atoms with Crippen LogP contribution in [-0.4, -0.2) is 34.8 Å². The fourth-order valence-corrected chi connectivity index (χ4v) is 3.24. The molecule has 29 heavy (non-hydrogen) atoms. The van der Waals surface area contributed by atoms with Gasteiger partial charge in [0.15, 0.2) is 0 Å². The van der Waals surface area contributed by atoms with E-state index in [0.29, 0.717) is 35.9 Å². The highest BCUT2D eigenvalue weighted by Gasteiger charge is 2.35. The lowest BCUT2D eigenvalue weighted by Crippen LogP contribution is -2.42. The first-order valence-electron chi connectivity index (χ1n) is 9.78. The predicted molar refractivity (Wildman–Crippen MR) is 115 cm³/mol. The van der Waals surface area contributed by atoms with Gasteiger partial charge in [-0.05, 0) is 60.7 Å². The van der Waals surface area contributed by atoms with Gasteiger partial charge in [0.2, 0.25) is 5.91 Å². The van der Waals surface area contributed by atoms with Crippen LogP contribution in [-0.2, 0) is 11.3 Å². The Labute approximate surface area is 176 Å². The van der Waals surface area contributed by atoms with Crippen LogP contribution < -0.4 is 11.1 Å². The summed E-state index contributed by atoms with van der Waals surface area (Å²) in [6.07, 6.45) is 5.02.